The fourth-order valence-electron chi connectivity index (χ4n) is 0.914. The Kier molecular flexibility index (Phi) is 3.45. The number of aliphatic imine (C=N–C) groups is 1. The highest BCUT2D eigenvalue weighted by Gasteiger charge is 2.16. The topological polar surface area (TPSA) is 47.6 Å². The van der Waals surface area contributed by atoms with E-state index in [0.29, 0.717) is 21.1 Å². The molecule has 1 heterocycles. The van der Waals surface area contributed by atoms with Gasteiger partial charge in [0.2, 0.25) is 0 Å². The van der Waals surface area contributed by atoms with E-state index < -0.39 is 8.73 Å². The van der Waals surface area contributed by atoms with Crippen molar-refractivity contribution in [1.82, 2.24) is 0 Å². The Morgan fingerprint density at radius 2 is 2.00 bits per heavy atom. The van der Waals surface area contributed by atoms with Gasteiger partial charge in [-0.1, -0.05) is 11.6 Å². The molecular formula is C8H6Cl2N2OS2. The highest BCUT2D eigenvalue weighted by molar-refractivity contribution is 8.97. The Morgan fingerprint density at radius 3 is 2.53 bits per heavy atom. The van der Waals surface area contributed by atoms with Crippen molar-refractivity contribution < 1.29 is 4.74 Å². The van der Waals surface area contributed by atoms with Gasteiger partial charge in [-0.15, -0.1) is 0 Å². The molecule has 0 radical (unpaired) electrons. The van der Waals surface area contributed by atoms with Crippen molar-refractivity contribution in [1.29, 1.82) is 0 Å². The summed E-state index contributed by atoms with van der Waals surface area (Å²) in [5.41, 5.74) is 5.51. The first-order chi connectivity index (χ1) is 7.15. The van der Waals surface area contributed by atoms with Gasteiger partial charge in [-0.2, -0.15) is 4.99 Å². The lowest BCUT2D eigenvalue weighted by Crippen LogP contribution is -2.07. The molecule has 1 aliphatic rings. The molecule has 1 aromatic rings. The quantitative estimate of drug-likeness (QED) is 0.635. The lowest BCUT2D eigenvalue weighted by Gasteiger charge is -2.03. The molecule has 1 unspecified atom stereocenters. The molecule has 1 aliphatic heterocycles. The second-order valence-corrected chi connectivity index (χ2v) is 7.37. The van der Waals surface area contributed by atoms with E-state index in [0.717, 1.165) is 0 Å². The maximum Gasteiger partial charge on any atom is 0.274 e. The fraction of sp³-hybridized carbons (Fsp3) is 0. The molecular weight excluding hydrogens is 275 g/mol. The summed E-state index contributed by atoms with van der Waals surface area (Å²) in [5.74, 6) is 0.645. The van der Waals surface area contributed by atoms with Crippen molar-refractivity contribution in [2.45, 2.75) is 0 Å². The van der Waals surface area contributed by atoms with Crippen LogP contribution in [-0.4, -0.2) is 10.3 Å². The lowest BCUT2D eigenvalue weighted by atomic mass is 10.3. The molecule has 0 saturated carbocycles. The molecule has 0 saturated heterocycles. The van der Waals surface area contributed by atoms with Gasteiger partial charge in [0.25, 0.3) is 5.17 Å². The smallest absolute Gasteiger partial charge is 0.274 e. The number of benzene rings is 1. The predicted octanol–water partition coefficient (Wildman–Crippen LogP) is 3.21. The minimum Gasteiger partial charge on any atom is -0.433 e. The highest BCUT2D eigenvalue weighted by Crippen LogP contribution is 2.41. The van der Waals surface area contributed by atoms with Crippen LogP contribution in [0.2, 0.25) is 5.02 Å². The van der Waals surface area contributed by atoms with E-state index in [1.165, 1.54) is 10.8 Å². The van der Waals surface area contributed by atoms with Crippen molar-refractivity contribution in [3.05, 3.63) is 29.3 Å². The zero-order valence-electron chi connectivity index (χ0n) is 7.31. The van der Waals surface area contributed by atoms with Gasteiger partial charge in [0.1, 0.15) is 5.75 Å². The minimum atomic E-state index is -0.625. The number of rotatable bonds is 1. The van der Waals surface area contributed by atoms with Crippen LogP contribution in [-0.2, 0) is 0 Å². The summed E-state index contributed by atoms with van der Waals surface area (Å²) in [4.78, 5) is 3.99. The molecule has 0 aromatic heterocycles. The van der Waals surface area contributed by atoms with Crippen molar-refractivity contribution in [3.8, 4) is 5.75 Å². The maximum atomic E-state index is 5.96. The summed E-state index contributed by atoms with van der Waals surface area (Å²) in [6, 6.07) is 6.97. The van der Waals surface area contributed by atoms with Crippen molar-refractivity contribution in [3.63, 3.8) is 0 Å². The van der Waals surface area contributed by atoms with E-state index >= 15 is 0 Å². The predicted molar refractivity (Wildman–Crippen MR) is 69.7 cm³/mol. The van der Waals surface area contributed by atoms with Crippen LogP contribution in [0, 0.1) is 0 Å². The van der Waals surface area contributed by atoms with Gasteiger partial charge in [0.05, 0.1) is 0 Å². The molecule has 1 aromatic carbocycles. The number of nitrogens with zero attached hydrogens (tertiary/aromatic N) is 1. The van der Waals surface area contributed by atoms with Crippen molar-refractivity contribution in [2.75, 3.05) is 0 Å². The monoisotopic (exact) mass is 280 g/mol. The number of nitrogens with two attached hydrogens (primary N) is 1. The highest BCUT2D eigenvalue weighted by atomic mass is 35.7. The first-order valence-electron chi connectivity index (χ1n) is 3.88. The summed E-state index contributed by atoms with van der Waals surface area (Å²) in [7, 11) is 6.62. The molecule has 2 N–H and O–H groups in total. The van der Waals surface area contributed by atoms with E-state index in [1.54, 1.807) is 24.3 Å². The minimum absolute atomic E-state index is 0.428. The number of hydrogen-bond acceptors (Lipinski definition) is 4. The normalized spacial score (nSPS) is 20.3. The SMILES string of the molecule is NC1=NC(Oc2ccc(Cl)cc2)=S(Cl)S1. The van der Waals surface area contributed by atoms with Gasteiger partial charge >= 0.3 is 0 Å². The van der Waals surface area contributed by atoms with Crippen molar-refractivity contribution in [2.24, 2.45) is 10.7 Å². The maximum absolute atomic E-state index is 5.96. The standard InChI is InChI=1S/C8H6Cl2N2OS2/c9-5-1-3-6(4-2-5)13-8-12-7(11)14-15(8)10/h1-4H,(H2,11,12). The molecule has 0 amide bonds. The molecule has 7 heteroatoms. The fourth-order valence-corrected chi connectivity index (χ4v) is 3.54. The van der Waals surface area contributed by atoms with Crippen LogP contribution in [0.1, 0.15) is 0 Å². The molecule has 0 bridgehead atoms. The summed E-state index contributed by atoms with van der Waals surface area (Å²) in [6.07, 6.45) is 0. The molecule has 3 nitrogen and oxygen atoms in total. The number of amidine groups is 1. The Labute approximate surface area is 102 Å². The molecule has 2 rings (SSSR count). The third-order valence-electron chi connectivity index (χ3n) is 1.52. The van der Waals surface area contributed by atoms with Crippen LogP contribution in [0.3, 0.4) is 0 Å². The zero-order chi connectivity index (χ0) is 10.8. The van der Waals surface area contributed by atoms with Gasteiger partial charge in [0, 0.05) is 13.8 Å². The molecule has 0 spiro atoms. The lowest BCUT2D eigenvalue weighted by molar-refractivity contribution is 0.558. The first kappa shape index (κ1) is 11.1. The first-order valence-corrected chi connectivity index (χ1v) is 7.65. The van der Waals surface area contributed by atoms with Gasteiger partial charge in [-0.05, 0) is 45.7 Å². The second kappa shape index (κ2) is 4.65. The molecule has 0 fully saturated rings. The summed E-state index contributed by atoms with van der Waals surface area (Å²) < 4.78 is 5.46. The number of hydrogen-bond donors (Lipinski definition) is 1. The van der Waals surface area contributed by atoms with Crippen molar-refractivity contribution >= 4 is 52.1 Å². The van der Waals surface area contributed by atoms with E-state index in [4.69, 9.17) is 32.8 Å². The Balaban J connectivity index is 2.16. The van der Waals surface area contributed by atoms with E-state index in [2.05, 4.69) is 4.99 Å². The average molecular weight is 281 g/mol. The Bertz CT molecular complexity index is 444. The Hall–Kier alpha value is -0.360. The van der Waals surface area contributed by atoms with Crippen LogP contribution in [0.25, 0.3) is 0 Å². The van der Waals surface area contributed by atoms with Crippen LogP contribution < -0.4 is 10.5 Å². The molecule has 0 aliphatic carbocycles. The van der Waals surface area contributed by atoms with Gasteiger partial charge in [-0.25, -0.2) is 0 Å². The average Bonchev–Trinajstić information content (AvgIpc) is 2.49. The summed E-state index contributed by atoms with van der Waals surface area (Å²) >= 11 is 5.74. The summed E-state index contributed by atoms with van der Waals surface area (Å²) in [6.45, 7) is 0. The number of halogens is 2. The third kappa shape index (κ3) is 2.81. The van der Waals surface area contributed by atoms with Crippen LogP contribution in [0.5, 0.6) is 5.75 Å². The molecule has 15 heavy (non-hydrogen) atoms. The number of ether oxygens (including phenoxy) is 1. The Morgan fingerprint density at radius 1 is 1.33 bits per heavy atom. The molecule has 80 valence electrons. The third-order valence-corrected chi connectivity index (χ3v) is 4.97. The summed E-state index contributed by atoms with van der Waals surface area (Å²) in [5, 5.41) is 1.51. The van der Waals surface area contributed by atoms with Gasteiger partial charge in [0.15, 0.2) is 5.17 Å². The van der Waals surface area contributed by atoms with E-state index in [9.17, 15) is 0 Å². The van der Waals surface area contributed by atoms with Gasteiger partial charge in [-0.3, -0.25) is 0 Å². The second-order valence-electron chi connectivity index (χ2n) is 2.58. The largest absolute Gasteiger partial charge is 0.433 e. The molecule has 1 atom stereocenters. The zero-order valence-corrected chi connectivity index (χ0v) is 10.5. The van der Waals surface area contributed by atoms with E-state index in [-0.39, 0.29) is 0 Å². The van der Waals surface area contributed by atoms with Gasteiger partial charge < -0.3 is 10.5 Å². The van der Waals surface area contributed by atoms with E-state index in [1.807, 2.05) is 0 Å². The van der Waals surface area contributed by atoms with Crippen LogP contribution >= 0.6 is 41.8 Å². The van der Waals surface area contributed by atoms with Crippen LogP contribution in [0.4, 0.5) is 0 Å². The van der Waals surface area contributed by atoms with Crippen LogP contribution in [0.15, 0.2) is 29.3 Å².